The zero-order valence-electron chi connectivity index (χ0n) is 9.01. The fraction of sp³-hybridized carbons (Fsp3) is 0.417. The van der Waals surface area contributed by atoms with E-state index in [4.69, 9.17) is 11.0 Å². The topological polar surface area (TPSA) is 70.0 Å². The van der Waals surface area contributed by atoms with Crippen LogP contribution < -0.4 is 5.73 Å². The summed E-state index contributed by atoms with van der Waals surface area (Å²) in [7, 11) is 0. The minimum atomic E-state index is -0.669. The summed E-state index contributed by atoms with van der Waals surface area (Å²) in [6, 6.07) is 8.61. The maximum absolute atomic E-state index is 9.92. The zero-order valence-corrected chi connectivity index (χ0v) is 9.01. The highest BCUT2D eigenvalue weighted by atomic mass is 16.3. The van der Waals surface area contributed by atoms with Gasteiger partial charge in [0.15, 0.2) is 0 Å². The lowest BCUT2D eigenvalue weighted by atomic mass is 9.94. The van der Waals surface area contributed by atoms with E-state index in [1.807, 2.05) is 19.9 Å². The summed E-state index contributed by atoms with van der Waals surface area (Å²) in [5, 5.41) is 18.5. The van der Waals surface area contributed by atoms with Crippen molar-refractivity contribution in [3.63, 3.8) is 0 Å². The van der Waals surface area contributed by atoms with E-state index in [-0.39, 0.29) is 12.0 Å². The summed E-state index contributed by atoms with van der Waals surface area (Å²) in [6.07, 6.45) is -0.669. The molecule has 1 rings (SSSR count). The lowest BCUT2D eigenvalue weighted by Crippen LogP contribution is -2.33. The normalized spacial score (nSPS) is 14.7. The first-order chi connectivity index (χ1) is 7.06. The Balaban J connectivity index is 2.83. The maximum atomic E-state index is 9.92. The second kappa shape index (κ2) is 4.92. The van der Waals surface area contributed by atoms with Crippen molar-refractivity contribution in [3.05, 3.63) is 35.4 Å². The van der Waals surface area contributed by atoms with Crippen LogP contribution in [0.3, 0.4) is 0 Å². The van der Waals surface area contributed by atoms with Crippen molar-refractivity contribution in [1.29, 1.82) is 5.26 Å². The first kappa shape index (κ1) is 11.7. The summed E-state index contributed by atoms with van der Waals surface area (Å²) >= 11 is 0. The molecule has 0 fully saturated rings. The van der Waals surface area contributed by atoms with Gasteiger partial charge in [0.05, 0.1) is 17.7 Å². The second-order valence-corrected chi connectivity index (χ2v) is 4.00. The fourth-order valence-electron chi connectivity index (χ4n) is 1.34. The van der Waals surface area contributed by atoms with Crippen molar-refractivity contribution in [2.75, 3.05) is 0 Å². The lowest BCUT2D eigenvalue weighted by Gasteiger charge is -2.22. The van der Waals surface area contributed by atoms with E-state index >= 15 is 0 Å². The molecule has 0 bridgehead atoms. The van der Waals surface area contributed by atoms with Crippen LogP contribution in [0.1, 0.15) is 31.1 Å². The van der Waals surface area contributed by atoms with Crippen LogP contribution in [0.15, 0.2) is 24.3 Å². The van der Waals surface area contributed by atoms with Gasteiger partial charge in [0.1, 0.15) is 0 Å². The molecule has 0 heterocycles. The highest BCUT2D eigenvalue weighted by Crippen LogP contribution is 2.20. The van der Waals surface area contributed by atoms with Crippen LogP contribution in [-0.4, -0.2) is 11.1 Å². The zero-order chi connectivity index (χ0) is 11.4. The van der Waals surface area contributed by atoms with E-state index in [0.717, 1.165) is 5.56 Å². The first-order valence-corrected chi connectivity index (χ1v) is 5.00. The Kier molecular flexibility index (Phi) is 3.84. The van der Waals surface area contributed by atoms with E-state index in [1.54, 1.807) is 24.3 Å². The predicted molar refractivity (Wildman–Crippen MR) is 58.9 cm³/mol. The monoisotopic (exact) mass is 204 g/mol. The van der Waals surface area contributed by atoms with Crippen LogP contribution in [-0.2, 0) is 0 Å². The number of nitriles is 1. The molecule has 3 heteroatoms. The van der Waals surface area contributed by atoms with E-state index in [9.17, 15) is 5.11 Å². The fourth-order valence-corrected chi connectivity index (χ4v) is 1.34. The van der Waals surface area contributed by atoms with Crippen molar-refractivity contribution >= 4 is 0 Å². The van der Waals surface area contributed by atoms with Crippen LogP contribution >= 0.6 is 0 Å². The Morgan fingerprint density at radius 3 is 2.20 bits per heavy atom. The minimum Gasteiger partial charge on any atom is -0.387 e. The van der Waals surface area contributed by atoms with Crippen LogP contribution in [0, 0.1) is 17.2 Å². The Morgan fingerprint density at radius 1 is 1.27 bits per heavy atom. The number of aliphatic hydroxyl groups is 1. The molecule has 0 spiro atoms. The molecule has 0 aliphatic carbocycles. The molecule has 0 aliphatic rings. The highest BCUT2D eigenvalue weighted by molar-refractivity contribution is 5.32. The molecular formula is C12H16N2O. The molecule has 3 nitrogen and oxygen atoms in total. The van der Waals surface area contributed by atoms with E-state index < -0.39 is 6.10 Å². The Hall–Kier alpha value is -1.37. The first-order valence-electron chi connectivity index (χ1n) is 5.00. The molecule has 80 valence electrons. The Bertz CT molecular complexity index is 351. The van der Waals surface area contributed by atoms with Crippen LogP contribution in [0.25, 0.3) is 0 Å². The van der Waals surface area contributed by atoms with Gasteiger partial charge < -0.3 is 10.8 Å². The molecule has 0 amide bonds. The number of nitrogens with zero attached hydrogens (tertiary/aromatic N) is 1. The Labute approximate surface area is 90.1 Å². The van der Waals surface area contributed by atoms with Crippen molar-refractivity contribution in [2.45, 2.75) is 26.0 Å². The van der Waals surface area contributed by atoms with E-state index in [1.165, 1.54) is 0 Å². The summed E-state index contributed by atoms with van der Waals surface area (Å²) in [5.74, 6) is 0.218. The molecule has 1 aromatic carbocycles. The maximum Gasteiger partial charge on any atom is 0.0991 e. The SMILES string of the molecule is CC(C)C(N)C(O)c1ccc(C#N)cc1. The third-order valence-corrected chi connectivity index (χ3v) is 2.52. The standard InChI is InChI=1S/C12H16N2O/c1-8(2)11(14)12(15)10-5-3-9(7-13)4-6-10/h3-6,8,11-12,15H,14H2,1-2H3. The van der Waals surface area contributed by atoms with Crippen molar-refractivity contribution in [1.82, 2.24) is 0 Å². The van der Waals surface area contributed by atoms with Crippen LogP contribution in [0.5, 0.6) is 0 Å². The molecule has 0 radical (unpaired) electrons. The van der Waals surface area contributed by atoms with Gasteiger partial charge in [0.2, 0.25) is 0 Å². The predicted octanol–water partition coefficient (Wildman–Crippen LogP) is 1.57. The van der Waals surface area contributed by atoms with Crippen molar-refractivity contribution < 1.29 is 5.11 Å². The smallest absolute Gasteiger partial charge is 0.0991 e. The molecule has 3 N–H and O–H groups in total. The number of nitrogens with two attached hydrogens (primary N) is 1. The van der Waals surface area contributed by atoms with Crippen LogP contribution in [0.2, 0.25) is 0 Å². The molecule has 15 heavy (non-hydrogen) atoms. The van der Waals surface area contributed by atoms with Gasteiger partial charge in [0.25, 0.3) is 0 Å². The second-order valence-electron chi connectivity index (χ2n) is 4.00. The number of hydrogen-bond donors (Lipinski definition) is 2. The quantitative estimate of drug-likeness (QED) is 0.785. The van der Waals surface area contributed by atoms with E-state index in [0.29, 0.717) is 5.56 Å². The number of rotatable bonds is 3. The molecule has 2 unspecified atom stereocenters. The number of benzene rings is 1. The molecule has 1 aromatic rings. The summed E-state index contributed by atoms with van der Waals surface area (Å²) in [6.45, 7) is 3.94. The third-order valence-electron chi connectivity index (χ3n) is 2.52. The van der Waals surface area contributed by atoms with Gasteiger partial charge in [0, 0.05) is 6.04 Å². The average Bonchev–Trinajstić information content (AvgIpc) is 2.27. The van der Waals surface area contributed by atoms with Gasteiger partial charge in [-0.25, -0.2) is 0 Å². The van der Waals surface area contributed by atoms with Gasteiger partial charge in [-0.3, -0.25) is 0 Å². The van der Waals surface area contributed by atoms with Crippen molar-refractivity contribution in [2.24, 2.45) is 11.7 Å². The third kappa shape index (κ3) is 2.79. The summed E-state index contributed by atoms with van der Waals surface area (Å²) < 4.78 is 0. The van der Waals surface area contributed by atoms with Gasteiger partial charge in [-0.05, 0) is 23.6 Å². The average molecular weight is 204 g/mol. The number of aliphatic hydroxyl groups excluding tert-OH is 1. The molecular weight excluding hydrogens is 188 g/mol. The van der Waals surface area contributed by atoms with Gasteiger partial charge in [-0.15, -0.1) is 0 Å². The van der Waals surface area contributed by atoms with Gasteiger partial charge in [-0.1, -0.05) is 26.0 Å². The molecule has 2 atom stereocenters. The summed E-state index contributed by atoms with van der Waals surface area (Å²) in [5.41, 5.74) is 7.19. The summed E-state index contributed by atoms with van der Waals surface area (Å²) in [4.78, 5) is 0. The number of hydrogen-bond acceptors (Lipinski definition) is 3. The lowest BCUT2D eigenvalue weighted by molar-refractivity contribution is 0.126. The molecule has 0 saturated carbocycles. The Morgan fingerprint density at radius 2 is 1.80 bits per heavy atom. The van der Waals surface area contributed by atoms with Crippen LogP contribution in [0.4, 0.5) is 0 Å². The minimum absolute atomic E-state index is 0.218. The van der Waals surface area contributed by atoms with Gasteiger partial charge in [-0.2, -0.15) is 5.26 Å². The molecule has 0 aliphatic heterocycles. The molecule has 0 saturated heterocycles. The molecule has 0 aromatic heterocycles. The van der Waals surface area contributed by atoms with Gasteiger partial charge >= 0.3 is 0 Å². The van der Waals surface area contributed by atoms with Crippen molar-refractivity contribution in [3.8, 4) is 6.07 Å². The van der Waals surface area contributed by atoms with E-state index in [2.05, 4.69) is 0 Å². The highest BCUT2D eigenvalue weighted by Gasteiger charge is 2.19. The largest absolute Gasteiger partial charge is 0.387 e.